The molecule has 1 unspecified atom stereocenters. The van der Waals surface area contributed by atoms with E-state index in [4.69, 9.17) is 5.14 Å². The Labute approximate surface area is 110 Å². The summed E-state index contributed by atoms with van der Waals surface area (Å²) in [5.74, 6) is -0.552. The largest absolute Gasteiger partial charge is 0.373 e. The van der Waals surface area contributed by atoms with Gasteiger partial charge >= 0.3 is 0 Å². The lowest BCUT2D eigenvalue weighted by molar-refractivity contribution is -0.136. The number of primary sulfonamides is 1. The Kier molecular flexibility index (Phi) is 3.29. The third-order valence-corrected chi connectivity index (χ3v) is 3.83. The van der Waals surface area contributed by atoms with Crippen molar-refractivity contribution < 1.29 is 18.0 Å². The molecule has 3 N–H and O–H groups in total. The first kappa shape index (κ1) is 13.5. The molecule has 0 spiro atoms. The highest BCUT2D eigenvalue weighted by molar-refractivity contribution is 7.89. The van der Waals surface area contributed by atoms with Crippen LogP contribution in [0.2, 0.25) is 0 Å². The smallest absolute Gasteiger partial charge is 0.251 e. The molecule has 19 heavy (non-hydrogen) atoms. The molecule has 7 nitrogen and oxygen atoms in total. The molecular formula is C11H13N3O4S. The Balaban J connectivity index is 2.13. The summed E-state index contributed by atoms with van der Waals surface area (Å²) in [6.07, 6.45) is 0.0896. The normalized spacial score (nSPS) is 19.9. The number of rotatable bonds is 3. The maximum absolute atomic E-state index is 11.7. The molecule has 2 rings (SSSR count). The van der Waals surface area contributed by atoms with Crippen molar-refractivity contribution in [1.82, 2.24) is 4.90 Å². The molecule has 0 saturated carbocycles. The van der Waals surface area contributed by atoms with E-state index in [1.807, 2.05) is 0 Å². The van der Waals surface area contributed by atoms with Gasteiger partial charge in [-0.2, -0.15) is 0 Å². The molecule has 102 valence electrons. The fourth-order valence-electron chi connectivity index (χ4n) is 1.81. The van der Waals surface area contributed by atoms with Crippen LogP contribution in [-0.4, -0.2) is 38.2 Å². The Bertz CT molecular complexity index is 624. The van der Waals surface area contributed by atoms with Crippen LogP contribution in [0, 0.1) is 0 Å². The number of carbonyl (C=O) groups excluding carboxylic acids is 2. The summed E-state index contributed by atoms with van der Waals surface area (Å²) >= 11 is 0. The monoisotopic (exact) mass is 283 g/mol. The molecule has 1 aromatic rings. The molecule has 2 amide bonds. The summed E-state index contributed by atoms with van der Waals surface area (Å²) in [7, 11) is -2.31. The van der Waals surface area contributed by atoms with Crippen LogP contribution in [0.5, 0.6) is 0 Å². The maximum Gasteiger partial charge on any atom is 0.251 e. The van der Waals surface area contributed by atoms with Gasteiger partial charge in [0.1, 0.15) is 6.04 Å². The summed E-state index contributed by atoms with van der Waals surface area (Å²) in [6.45, 7) is 0. The van der Waals surface area contributed by atoms with Gasteiger partial charge in [-0.1, -0.05) is 0 Å². The van der Waals surface area contributed by atoms with Crippen LogP contribution in [0.4, 0.5) is 5.69 Å². The van der Waals surface area contributed by atoms with Crippen LogP contribution in [-0.2, 0) is 19.6 Å². The van der Waals surface area contributed by atoms with E-state index in [0.29, 0.717) is 5.69 Å². The molecule has 1 aromatic carbocycles. The van der Waals surface area contributed by atoms with Crippen molar-refractivity contribution in [2.45, 2.75) is 17.4 Å². The molecule has 1 heterocycles. The summed E-state index contributed by atoms with van der Waals surface area (Å²) < 4.78 is 22.2. The Morgan fingerprint density at radius 3 is 2.26 bits per heavy atom. The topological polar surface area (TPSA) is 110 Å². The number of likely N-dealkylation sites (tertiary alicyclic amines) is 1. The van der Waals surface area contributed by atoms with Crippen molar-refractivity contribution in [2.24, 2.45) is 5.14 Å². The van der Waals surface area contributed by atoms with Gasteiger partial charge in [0.2, 0.25) is 15.9 Å². The van der Waals surface area contributed by atoms with Crippen LogP contribution < -0.4 is 10.5 Å². The van der Waals surface area contributed by atoms with E-state index in [2.05, 4.69) is 5.32 Å². The zero-order chi connectivity index (χ0) is 14.2. The zero-order valence-corrected chi connectivity index (χ0v) is 11.0. The van der Waals surface area contributed by atoms with E-state index in [1.54, 1.807) is 0 Å². The second kappa shape index (κ2) is 4.63. The minimum atomic E-state index is -3.73. The number of anilines is 1. The van der Waals surface area contributed by atoms with Gasteiger partial charge in [0.25, 0.3) is 5.91 Å². The average molecular weight is 283 g/mol. The molecule has 1 fully saturated rings. The third kappa shape index (κ3) is 2.74. The van der Waals surface area contributed by atoms with E-state index in [-0.39, 0.29) is 23.1 Å². The molecule has 8 heteroatoms. The second-order valence-corrected chi connectivity index (χ2v) is 5.82. The standard InChI is InChI=1S/C11H13N3O4S/c1-14-10(15)6-9(11(14)16)13-7-2-4-8(5-3-7)19(12,17)18/h2-5,9,13H,6H2,1H3,(H2,12,17,18). The lowest BCUT2D eigenvalue weighted by Crippen LogP contribution is -2.31. The van der Waals surface area contributed by atoms with Crippen molar-refractivity contribution in [3.8, 4) is 0 Å². The minimum Gasteiger partial charge on any atom is -0.373 e. The van der Waals surface area contributed by atoms with Gasteiger partial charge < -0.3 is 5.32 Å². The average Bonchev–Trinajstić information content (AvgIpc) is 2.57. The Morgan fingerprint density at radius 1 is 1.26 bits per heavy atom. The summed E-state index contributed by atoms with van der Waals surface area (Å²) in [4.78, 5) is 24.1. The Morgan fingerprint density at radius 2 is 1.84 bits per heavy atom. The van der Waals surface area contributed by atoms with Crippen LogP contribution in [0.3, 0.4) is 0 Å². The lowest BCUT2D eigenvalue weighted by atomic mass is 10.2. The molecule has 0 aliphatic carbocycles. The first-order valence-electron chi connectivity index (χ1n) is 5.49. The fraction of sp³-hybridized carbons (Fsp3) is 0.273. The molecule has 0 bridgehead atoms. The molecule has 1 atom stereocenters. The minimum absolute atomic E-state index is 0.0102. The molecule has 0 aromatic heterocycles. The lowest BCUT2D eigenvalue weighted by Gasteiger charge is -2.12. The predicted molar refractivity (Wildman–Crippen MR) is 67.6 cm³/mol. The van der Waals surface area contributed by atoms with Crippen LogP contribution >= 0.6 is 0 Å². The zero-order valence-electron chi connectivity index (χ0n) is 10.2. The summed E-state index contributed by atoms with van der Waals surface area (Å²) in [5.41, 5.74) is 0.550. The van der Waals surface area contributed by atoms with Crippen LogP contribution in [0.15, 0.2) is 29.2 Å². The van der Waals surface area contributed by atoms with E-state index in [9.17, 15) is 18.0 Å². The predicted octanol–water partition coefficient (Wildman–Crippen LogP) is -0.497. The number of amides is 2. The summed E-state index contributed by atoms with van der Waals surface area (Å²) in [5, 5.41) is 7.86. The van der Waals surface area contributed by atoms with Crippen molar-refractivity contribution in [2.75, 3.05) is 12.4 Å². The number of likely N-dealkylation sites (N-methyl/N-ethyl adjacent to an activating group) is 1. The van der Waals surface area contributed by atoms with E-state index in [0.717, 1.165) is 4.90 Å². The van der Waals surface area contributed by atoms with Gasteiger partial charge in [0.05, 0.1) is 11.3 Å². The molecule has 1 saturated heterocycles. The SMILES string of the molecule is CN1C(=O)CC(Nc2ccc(S(N)(=O)=O)cc2)C1=O. The van der Waals surface area contributed by atoms with Gasteiger partial charge in [-0.05, 0) is 24.3 Å². The number of nitrogens with zero attached hydrogens (tertiary/aromatic N) is 1. The number of hydrogen-bond donors (Lipinski definition) is 2. The first-order chi connectivity index (χ1) is 8.79. The molecule has 0 radical (unpaired) electrons. The van der Waals surface area contributed by atoms with Gasteiger partial charge in [-0.15, -0.1) is 0 Å². The van der Waals surface area contributed by atoms with Gasteiger partial charge in [0.15, 0.2) is 0 Å². The van der Waals surface area contributed by atoms with Gasteiger partial charge in [-0.3, -0.25) is 14.5 Å². The highest BCUT2D eigenvalue weighted by Gasteiger charge is 2.35. The number of sulfonamides is 1. The van der Waals surface area contributed by atoms with Gasteiger partial charge in [-0.25, -0.2) is 13.6 Å². The number of nitrogens with one attached hydrogen (secondary N) is 1. The third-order valence-electron chi connectivity index (χ3n) is 2.91. The first-order valence-corrected chi connectivity index (χ1v) is 7.03. The second-order valence-electron chi connectivity index (χ2n) is 4.26. The quantitative estimate of drug-likeness (QED) is 0.727. The van der Waals surface area contributed by atoms with Crippen molar-refractivity contribution in [3.05, 3.63) is 24.3 Å². The number of benzene rings is 1. The number of nitrogens with two attached hydrogens (primary N) is 1. The number of carbonyl (C=O) groups is 2. The van der Waals surface area contributed by atoms with Crippen molar-refractivity contribution in [3.63, 3.8) is 0 Å². The molecular weight excluding hydrogens is 270 g/mol. The molecule has 1 aliphatic heterocycles. The van der Waals surface area contributed by atoms with E-state index >= 15 is 0 Å². The van der Waals surface area contributed by atoms with Crippen LogP contribution in [0.1, 0.15) is 6.42 Å². The Hall–Kier alpha value is -1.93. The maximum atomic E-state index is 11.7. The fourth-order valence-corrected chi connectivity index (χ4v) is 2.33. The number of hydrogen-bond acceptors (Lipinski definition) is 5. The molecule has 1 aliphatic rings. The summed E-state index contributed by atoms with van der Waals surface area (Å²) in [6, 6.07) is 5.05. The van der Waals surface area contributed by atoms with E-state index < -0.39 is 16.1 Å². The highest BCUT2D eigenvalue weighted by Crippen LogP contribution is 2.18. The van der Waals surface area contributed by atoms with Crippen molar-refractivity contribution >= 4 is 27.5 Å². The number of imide groups is 1. The highest BCUT2D eigenvalue weighted by atomic mass is 32.2. The van der Waals surface area contributed by atoms with Crippen LogP contribution in [0.25, 0.3) is 0 Å². The van der Waals surface area contributed by atoms with E-state index in [1.165, 1.54) is 31.3 Å². The van der Waals surface area contributed by atoms with Gasteiger partial charge in [0, 0.05) is 12.7 Å². The van der Waals surface area contributed by atoms with Crippen molar-refractivity contribution in [1.29, 1.82) is 0 Å².